The first-order valence-corrected chi connectivity index (χ1v) is 8.26. The normalized spacial score (nSPS) is 17.1. The molecule has 1 N–H and O–H groups in total. The second-order valence-electron chi connectivity index (χ2n) is 6.25. The Morgan fingerprint density at radius 1 is 1.19 bits per heavy atom. The van der Waals surface area contributed by atoms with E-state index in [1.54, 1.807) is 0 Å². The van der Waals surface area contributed by atoms with Crippen LogP contribution in [0.2, 0.25) is 0 Å². The fourth-order valence-electron chi connectivity index (χ4n) is 3.15. The van der Waals surface area contributed by atoms with Crippen molar-refractivity contribution >= 4 is 0 Å². The van der Waals surface area contributed by atoms with Crippen molar-refractivity contribution in [3.05, 3.63) is 29.3 Å². The van der Waals surface area contributed by atoms with Gasteiger partial charge in [-0.05, 0) is 76.8 Å². The Balaban J connectivity index is 1.68. The molecule has 3 nitrogen and oxygen atoms in total. The van der Waals surface area contributed by atoms with Gasteiger partial charge < -0.3 is 10.1 Å². The van der Waals surface area contributed by atoms with Gasteiger partial charge in [-0.1, -0.05) is 18.2 Å². The van der Waals surface area contributed by atoms with E-state index in [4.69, 9.17) is 4.74 Å². The molecule has 1 aliphatic heterocycles. The Morgan fingerprint density at radius 2 is 1.86 bits per heavy atom. The highest BCUT2D eigenvalue weighted by Crippen LogP contribution is 2.23. The minimum absolute atomic E-state index is 0.798. The van der Waals surface area contributed by atoms with Gasteiger partial charge in [-0.2, -0.15) is 0 Å². The topological polar surface area (TPSA) is 24.5 Å². The Bertz CT molecular complexity index is 405. The second-order valence-corrected chi connectivity index (χ2v) is 6.25. The van der Waals surface area contributed by atoms with Crippen molar-refractivity contribution in [1.29, 1.82) is 0 Å². The molecule has 0 aliphatic carbocycles. The molecule has 118 valence electrons. The number of nitrogens with zero attached hydrogens (tertiary/aromatic N) is 1. The predicted molar refractivity (Wildman–Crippen MR) is 89.1 cm³/mol. The molecule has 1 heterocycles. The molecule has 0 atom stereocenters. The van der Waals surface area contributed by atoms with Crippen molar-refractivity contribution in [2.75, 3.05) is 39.8 Å². The first-order valence-electron chi connectivity index (χ1n) is 8.26. The van der Waals surface area contributed by atoms with Gasteiger partial charge in [0.05, 0.1) is 0 Å². The number of likely N-dealkylation sites (tertiary alicyclic amines) is 1. The van der Waals surface area contributed by atoms with Crippen molar-refractivity contribution in [3.63, 3.8) is 0 Å². The van der Waals surface area contributed by atoms with Crippen molar-refractivity contribution in [2.24, 2.45) is 5.92 Å². The van der Waals surface area contributed by atoms with Gasteiger partial charge in [0.1, 0.15) is 12.4 Å². The number of ether oxygens (including phenoxy) is 1. The summed E-state index contributed by atoms with van der Waals surface area (Å²) in [6.45, 7) is 9.69. The van der Waals surface area contributed by atoms with Crippen LogP contribution in [0, 0.1) is 19.8 Å². The standard InChI is InChI=1S/C18H30N2O/c1-15-5-4-6-16(2)18(15)21-14-13-20-11-8-17(9-12-20)7-10-19-3/h4-6,17,19H,7-14H2,1-3H3. The molecule has 0 aromatic heterocycles. The van der Waals surface area contributed by atoms with Crippen LogP contribution in [0.5, 0.6) is 5.75 Å². The molecule has 0 unspecified atom stereocenters. The fraction of sp³-hybridized carbons (Fsp3) is 0.667. The van der Waals surface area contributed by atoms with E-state index in [0.29, 0.717) is 0 Å². The zero-order valence-electron chi connectivity index (χ0n) is 13.8. The average Bonchev–Trinajstić information content (AvgIpc) is 2.49. The Labute approximate surface area is 129 Å². The highest BCUT2D eigenvalue weighted by Gasteiger charge is 2.18. The average molecular weight is 290 g/mol. The number of hydrogen-bond acceptors (Lipinski definition) is 3. The summed E-state index contributed by atoms with van der Waals surface area (Å²) in [5.41, 5.74) is 2.47. The number of rotatable bonds is 7. The van der Waals surface area contributed by atoms with Crippen LogP contribution in [-0.4, -0.2) is 44.7 Å². The van der Waals surface area contributed by atoms with E-state index >= 15 is 0 Å². The number of aryl methyl sites for hydroxylation is 2. The van der Waals surface area contributed by atoms with Crippen LogP contribution < -0.4 is 10.1 Å². The fourth-order valence-corrected chi connectivity index (χ4v) is 3.15. The van der Waals surface area contributed by atoms with E-state index in [1.807, 2.05) is 7.05 Å². The van der Waals surface area contributed by atoms with Gasteiger partial charge in [0.2, 0.25) is 0 Å². The Morgan fingerprint density at radius 3 is 2.48 bits per heavy atom. The number of hydrogen-bond donors (Lipinski definition) is 1. The Hall–Kier alpha value is -1.06. The maximum absolute atomic E-state index is 6.01. The van der Waals surface area contributed by atoms with E-state index in [1.165, 1.54) is 43.5 Å². The molecule has 1 fully saturated rings. The third kappa shape index (κ3) is 5.01. The summed E-state index contributed by atoms with van der Waals surface area (Å²) < 4.78 is 6.01. The molecule has 0 radical (unpaired) electrons. The van der Waals surface area contributed by atoms with Crippen molar-refractivity contribution in [1.82, 2.24) is 10.2 Å². The van der Waals surface area contributed by atoms with Crippen LogP contribution in [0.25, 0.3) is 0 Å². The smallest absolute Gasteiger partial charge is 0.125 e. The van der Waals surface area contributed by atoms with E-state index in [9.17, 15) is 0 Å². The third-order valence-corrected chi connectivity index (χ3v) is 4.57. The lowest BCUT2D eigenvalue weighted by Gasteiger charge is -2.31. The SMILES string of the molecule is CNCCC1CCN(CCOc2c(C)cccc2C)CC1. The van der Waals surface area contributed by atoms with Gasteiger partial charge in [0.25, 0.3) is 0 Å². The summed E-state index contributed by atoms with van der Waals surface area (Å²) in [7, 11) is 2.04. The minimum atomic E-state index is 0.798. The summed E-state index contributed by atoms with van der Waals surface area (Å²) >= 11 is 0. The largest absolute Gasteiger partial charge is 0.492 e. The van der Waals surface area contributed by atoms with Gasteiger partial charge in [-0.25, -0.2) is 0 Å². The van der Waals surface area contributed by atoms with Crippen LogP contribution in [0.15, 0.2) is 18.2 Å². The summed E-state index contributed by atoms with van der Waals surface area (Å²) in [6.07, 6.45) is 4.00. The lowest BCUT2D eigenvalue weighted by Crippen LogP contribution is -2.37. The molecular weight excluding hydrogens is 260 g/mol. The first-order chi connectivity index (χ1) is 10.2. The van der Waals surface area contributed by atoms with Gasteiger partial charge in [0.15, 0.2) is 0 Å². The highest BCUT2D eigenvalue weighted by molar-refractivity contribution is 5.39. The zero-order chi connectivity index (χ0) is 15.1. The molecule has 21 heavy (non-hydrogen) atoms. The Kier molecular flexibility index (Phi) is 6.52. The van der Waals surface area contributed by atoms with Crippen LogP contribution in [0.3, 0.4) is 0 Å². The van der Waals surface area contributed by atoms with Crippen LogP contribution in [0.4, 0.5) is 0 Å². The van der Waals surface area contributed by atoms with Gasteiger partial charge in [-0.15, -0.1) is 0 Å². The lowest BCUT2D eigenvalue weighted by molar-refractivity contribution is 0.151. The lowest BCUT2D eigenvalue weighted by atomic mass is 9.93. The van der Waals surface area contributed by atoms with Gasteiger partial charge >= 0.3 is 0 Å². The van der Waals surface area contributed by atoms with Gasteiger partial charge in [-0.3, -0.25) is 4.90 Å². The summed E-state index contributed by atoms with van der Waals surface area (Å²) in [6, 6.07) is 6.33. The number of nitrogens with one attached hydrogen (secondary N) is 1. The third-order valence-electron chi connectivity index (χ3n) is 4.57. The van der Waals surface area contributed by atoms with Crippen LogP contribution in [0.1, 0.15) is 30.4 Å². The van der Waals surface area contributed by atoms with Gasteiger partial charge in [0, 0.05) is 6.54 Å². The van der Waals surface area contributed by atoms with E-state index in [-0.39, 0.29) is 0 Å². The maximum atomic E-state index is 6.01. The molecule has 1 aromatic rings. The first kappa shape index (κ1) is 16.3. The van der Waals surface area contributed by atoms with Crippen LogP contribution >= 0.6 is 0 Å². The molecule has 3 heteroatoms. The summed E-state index contributed by atoms with van der Waals surface area (Å²) in [5.74, 6) is 1.98. The van der Waals surface area contributed by atoms with Crippen LogP contribution in [-0.2, 0) is 0 Å². The van der Waals surface area contributed by atoms with E-state index < -0.39 is 0 Å². The molecular formula is C18H30N2O. The molecule has 0 spiro atoms. The summed E-state index contributed by atoms with van der Waals surface area (Å²) in [5, 5.41) is 3.26. The van der Waals surface area contributed by atoms with Crippen molar-refractivity contribution in [2.45, 2.75) is 33.1 Å². The summed E-state index contributed by atoms with van der Waals surface area (Å²) in [4.78, 5) is 2.55. The predicted octanol–water partition coefficient (Wildman–Crippen LogP) is 3.00. The quantitative estimate of drug-likeness (QED) is 0.835. The minimum Gasteiger partial charge on any atom is -0.492 e. The molecule has 1 aliphatic rings. The monoisotopic (exact) mass is 290 g/mol. The van der Waals surface area contributed by atoms with Crippen molar-refractivity contribution in [3.8, 4) is 5.75 Å². The highest BCUT2D eigenvalue weighted by atomic mass is 16.5. The second kappa shape index (κ2) is 8.40. The van der Waals surface area contributed by atoms with Crippen molar-refractivity contribution < 1.29 is 4.74 Å². The molecule has 0 amide bonds. The zero-order valence-corrected chi connectivity index (χ0v) is 13.8. The van der Waals surface area contributed by atoms with E-state index in [2.05, 4.69) is 42.3 Å². The number of para-hydroxylation sites is 1. The van der Waals surface area contributed by atoms with E-state index in [0.717, 1.165) is 31.4 Å². The maximum Gasteiger partial charge on any atom is 0.125 e. The number of benzene rings is 1. The number of piperidine rings is 1. The molecule has 0 saturated carbocycles. The molecule has 2 rings (SSSR count). The molecule has 1 aromatic carbocycles. The molecule has 0 bridgehead atoms. The molecule has 1 saturated heterocycles.